The van der Waals surface area contributed by atoms with Gasteiger partial charge in [-0.3, -0.25) is 4.90 Å². The van der Waals surface area contributed by atoms with E-state index in [1.807, 2.05) is 11.3 Å². The number of benzene rings is 2. The van der Waals surface area contributed by atoms with E-state index in [0.717, 1.165) is 26.2 Å². The summed E-state index contributed by atoms with van der Waals surface area (Å²) in [6.07, 6.45) is 1.19. The van der Waals surface area contributed by atoms with E-state index < -0.39 is 0 Å². The minimum Gasteiger partial charge on any atom is -0.308 e. The molecule has 0 bridgehead atoms. The molecule has 2 atom stereocenters. The van der Waals surface area contributed by atoms with Crippen LogP contribution in [0.1, 0.15) is 28.3 Å². The van der Waals surface area contributed by atoms with Crippen LogP contribution in [0.3, 0.4) is 0 Å². The molecule has 26 heavy (non-hydrogen) atoms. The van der Waals surface area contributed by atoms with Crippen LogP contribution in [-0.4, -0.2) is 24.0 Å². The van der Waals surface area contributed by atoms with E-state index in [-0.39, 0.29) is 0 Å². The van der Waals surface area contributed by atoms with Crippen molar-refractivity contribution >= 4 is 11.3 Å². The van der Waals surface area contributed by atoms with Gasteiger partial charge in [0.2, 0.25) is 0 Å². The third kappa shape index (κ3) is 4.42. The zero-order chi connectivity index (χ0) is 17.6. The van der Waals surface area contributed by atoms with E-state index in [1.165, 1.54) is 22.4 Å². The van der Waals surface area contributed by atoms with E-state index in [1.54, 1.807) is 0 Å². The van der Waals surface area contributed by atoms with Crippen molar-refractivity contribution in [2.24, 2.45) is 0 Å². The molecule has 1 saturated heterocycles. The van der Waals surface area contributed by atoms with Crippen molar-refractivity contribution in [3.63, 3.8) is 0 Å². The summed E-state index contributed by atoms with van der Waals surface area (Å²) < 4.78 is 0. The van der Waals surface area contributed by atoms with Gasteiger partial charge >= 0.3 is 0 Å². The number of nitrogens with zero attached hydrogens (tertiary/aromatic N) is 1. The molecule has 3 aromatic rings. The summed E-state index contributed by atoms with van der Waals surface area (Å²) >= 11 is 1.84. The second kappa shape index (κ2) is 8.63. The number of likely N-dealkylation sites (tertiary alicyclic amines) is 1. The highest BCUT2D eigenvalue weighted by molar-refractivity contribution is 7.09. The van der Waals surface area contributed by atoms with E-state index in [4.69, 9.17) is 0 Å². The van der Waals surface area contributed by atoms with Crippen LogP contribution in [-0.2, 0) is 13.1 Å². The van der Waals surface area contributed by atoms with Gasteiger partial charge in [0.1, 0.15) is 0 Å². The van der Waals surface area contributed by atoms with Gasteiger partial charge in [-0.2, -0.15) is 0 Å². The normalized spacial score (nSPS) is 20.9. The fourth-order valence-corrected chi connectivity index (χ4v) is 4.59. The molecule has 134 valence electrons. The lowest BCUT2D eigenvalue weighted by atomic mass is 9.85. The molecule has 2 aromatic carbocycles. The minimum atomic E-state index is 0.534. The average molecular weight is 363 g/mol. The molecule has 3 heteroatoms. The van der Waals surface area contributed by atoms with Crippen molar-refractivity contribution in [1.29, 1.82) is 0 Å². The van der Waals surface area contributed by atoms with Crippen LogP contribution in [0.4, 0.5) is 0 Å². The monoisotopic (exact) mass is 362 g/mol. The molecule has 4 rings (SSSR count). The predicted molar refractivity (Wildman–Crippen MR) is 110 cm³/mol. The van der Waals surface area contributed by atoms with Gasteiger partial charge in [-0.25, -0.2) is 0 Å². The first-order chi connectivity index (χ1) is 12.9. The third-order valence-corrected chi connectivity index (χ3v) is 6.17. The van der Waals surface area contributed by atoms with Crippen molar-refractivity contribution in [3.8, 4) is 0 Å². The smallest absolute Gasteiger partial charge is 0.0302 e. The van der Waals surface area contributed by atoms with Gasteiger partial charge in [0.05, 0.1) is 0 Å². The van der Waals surface area contributed by atoms with Gasteiger partial charge in [-0.15, -0.1) is 11.3 Å². The van der Waals surface area contributed by atoms with Gasteiger partial charge in [-0.1, -0.05) is 66.7 Å². The Morgan fingerprint density at radius 1 is 0.923 bits per heavy atom. The molecule has 0 radical (unpaired) electrons. The maximum Gasteiger partial charge on any atom is 0.0302 e. The van der Waals surface area contributed by atoms with Crippen LogP contribution in [0.5, 0.6) is 0 Å². The van der Waals surface area contributed by atoms with Crippen molar-refractivity contribution < 1.29 is 0 Å². The molecule has 0 amide bonds. The highest BCUT2D eigenvalue weighted by Crippen LogP contribution is 2.28. The first-order valence-corrected chi connectivity index (χ1v) is 10.3. The second-order valence-corrected chi connectivity index (χ2v) is 8.13. The molecule has 1 aromatic heterocycles. The van der Waals surface area contributed by atoms with Crippen LogP contribution in [0, 0.1) is 0 Å². The highest BCUT2D eigenvalue weighted by Gasteiger charge is 2.30. The summed E-state index contributed by atoms with van der Waals surface area (Å²) in [6, 6.07) is 26.8. The Balaban J connectivity index is 1.46. The Kier molecular flexibility index (Phi) is 5.80. The molecule has 1 aliphatic heterocycles. The van der Waals surface area contributed by atoms with Crippen molar-refractivity contribution in [1.82, 2.24) is 10.2 Å². The molecule has 1 fully saturated rings. The highest BCUT2D eigenvalue weighted by atomic mass is 32.1. The summed E-state index contributed by atoms with van der Waals surface area (Å²) in [4.78, 5) is 4.03. The molecule has 0 saturated carbocycles. The number of rotatable bonds is 6. The topological polar surface area (TPSA) is 15.3 Å². The van der Waals surface area contributed by atoms with Crippen LogP contribution in [0.15, 0.2) is 78.2 Å². The summed E-state index contributed by atoms with van der Waals surface area (Å²) in [5.74, 6) is 0.536. The molecule has 2 heterocycles. The van der Waals surface area contributed by atoms with E-state index in [0.29, 0.717) is 12.0 Å². The lowest BCUT2D eigenvalue weighted by molar-refractivity contribution is 0.167. The Bertz CT molecular complexity index is 770. The summed E-state index contributed by atoms with van der Waals surface area (Å²) in [6.45, 7) is 4.29. The zero-order valence-corrected chi connectivity index (χ0v) is 15.9. The standard InChI is InChI=1S/C23H26N2S/c1-3-8-19(9-4-1)17-25-14-13-23(24-16-21-12-7-15-26-21)22(18-25)20-10-5-2-6-11-20/h1-12,15,22-24H,13-14,16-18H2/t22-,23-/m1/s1. The van der Waals surface area contributed by atoms with Crippen molar-refractivity contribution in [2.75, 3.05) is 13.1 Å². The van der Waals surface area contributed by atoms with Gasteiger partial charge in [0, 0.05) is 43.0 Å². The fourth-order valence-electron chi connectivity index (χ4n) is 3.93. The number of piperidine rings is 1. The zero-order valence-electron chi connectivity index (χ0n) is 15.1. The average Bonchev–Trinajstić information content (AvgIpc) is 3.22. The first kappa shape index (κ1) is 17.5. The summed E-state index contributed by atoms with van der Waals surface area (Å²) in [5.41, 5.74) is 2.86. The van der Waals surface area contributed by atoms with Gasteiger partial charge in [0.25, 0.3) is 0 Å². The molecular weight excluding hydrogens is 336 g/mol. The van der Waals surface area contributed by atoms with Crippen molar-refractivity contribution in [3.05, 3.63) is 94.2 Å². The predicted octanol–water partition coefficient (Wildman–Crippen LogP) is 4.90. The van der Waals surface area contributed by atoms with Crippen LogP contribution >= 0.6 is 11.3 Å². The maximum atomic E-state index is 3.84. The first-order valence-electron chi connectivity index (χ1n) is 9.45. The van der Waals surface area contributed by atoms with E-state index >= 15 is 0 Å². The Morgan fingerprint density at radius 2 is 1.69 bits per heavy atom. The van der Waals surface area contributed by atoms with E-state index in [2.05, 4.69) is 88.4 Å². The lowest BCUT2D eigenvalue weighted by Gasteiger charge is -2.39. The third-order valence-electron chi connectivity index (χ3n) is 5.29. The molecule has 1 aliphatic rings. The number of nitrogens with one attached hydrogen (secondary N) is 1. The minimum absolute atomic E-state index is 0.534. The molecular formula is C23H26N2S. The molecule has 0 aliphatic carbocycles. The Morgan fingerprint density at radius 3 is 2.42 bits per heavy atom. The Hall–Kier alpha value is -1.94. The molecule has 0 spiro atoms. The molecule has 0 unspecified atom stereocenters. The Labute approximate surface area is 160 Å². The van der Waals surface area contributed by atoms with Crippen LogP contribution in [0.2, 0.25) is 0 Å². The van der Waals surface area contributed by atoms with Crippen LogP contribution in [0.25, 0.3) is 0 Å². The maximum absolute atomic E-state index is 3.84. The number of hydrogen-bond acceptors (Lipinski definition) is 3. The summed E-state index contributed by atoms with van der Waals surface area (Å²) in [7, 11) is 0. The largest absolute Gasteiger partial charge is 0.308 e. The fraction of sp³-hybridized carbons (Fsp3) is 0.304. The van der Waals surface area contributed by atoms with Gasteiger partial charge < -0.3 is 5.32 Å². The SMILES string of the molecule is c1ccc(CN2CC[C@@H](NCc3cccs3)[C@@H](c3ccccc3)C2)cc1. The summed E-state index contributed by atoms with van der Waals surface area (Å²) in [5, 5.41) is 6.00. The molecule has 1 N–H and O–H groups in total. The number of hydrogen-bond donors (Lipinski definition) is 1. The van der Waals surface area contributed by atoms with Gasteiger partial charge in [0.15, 0.2) is 0 Å². The number of thiophene rings is 1. The molecule has 2 nitrogen and oxygen atoms in total. The van der Waals surface area contributed by atoms with Crippen LogP contribution < -0.4 is 5.32 Å². The second-order valence-electron chi connectivity index (χ2n) is 7.09. The van der Waals surface area contributed by atoms with Gasteiger partial charge in [-0.05, 0) is 29.0 Å². The lowest BCUT2D eigenvalue weighted by Crippen LogP contribution is -2.47. The van der Waals surface area contributed by atoms with E-state index in [9.17, 15) is 0 Å². The quantitative estimate of drug-likeness (QED) is 0.671. The van der Waals surface area contributed by atoms with Crippen molar-refractivity contribution in [2.45, 2.75) is 31.5 Å².